The van der Waals surface area contributed by atoms with Crippen LogP contribution in [0.25, 0.3) is 17.0 Å². The predicted molar refractivity (Wildman–Crippen MR) is 120 cm³/mol. The maximum atomic E-state index is 12.5. The van der Waals surface area contributed by atoms with E-state index in [1.54, 1.807) is 6.08 Å². The molecule has 0 aliphatic carbocycles. The summed E-state index contributed by atoms with van der Waals surface area (Å²) in [6, 6.07) is 15.7. The van der Waals surface area contributed by atoms with E-state index >= 15 is 0 Å². The smallest absolute Gasteiger partial charge is 0.185 e. The molecule has 2 heterocycles. The monoisotopic (exact) mass is 404 g/mol. The van der Waals surface area contributed by atoms with Crippen LogP contribution in [0, 0.1) is 6.92 Å². The molecule has 1 aromatic heterocycles. The van der Waals surface area contributed by atoms with Gasteiger partial charge in [-0.25, -0.2) is 0 Å². The standard InChI is InChI=1S/C25H28N2O3/c1-19-6-8-20(9-7-19)25(29)11-10-21-16-27(24-5-3-2-4-23(21)24)18-22(28)17-26-12-14-30-15-13-26/h2-11,16,22,28H,12-15,17-18H2,1H3/b11-10+/t22-/m1/s1. The number of aliphatic hydroxyl groups is 1. The number of hydrogen-bond acceptors (Lipinski definition) is 4. The first kappa shape index (κ1) is 20.5. The number of allylic oxidation sites excluding steroid dienone is 1. The van der Waals surface area contributed by atoms with E-state index < -0.39 is 6.10 Å². The quantitative estimate of drug-likeness (QED) is 0.483. The molecule has 30 heavy (non-hydrogen) atoms. The number of ketones is 1. The third kappa shape index (κ3) is 4.87. The Hall–Kier alpha value is -2.73. The highest BCUT2D eigenvalue weighted by atomic mass is 16.5. The number of aryl methyl sites for hydroxylation is 1. The van der Waals surface area contributed by atoms with Gasteiger partial charge in [-0.15, -0.1) is 0 Å². The second-order valence-corrected chi connectivity index (χ2v) is 7.88. The first-order valence-electron chi connectivity index (χ1n) is 10.5. The van der Waals surface area contributed by atoms with Gasteiger partial charge in [0.15, 0.2) is 5.78 Å². The summed E-state index contributed by atoms with van der Waals surface area (Å²) in [6.07, 6.45) is 5.05. The minimum Gasteiger partial charge on any atom is -0.390 e. The number of para-hydroxylation sites is 1. The summed E-state index contributed by atoms with van der Waals surface area (Å²) in [5, 5.41) is 11.7. The first-order valence-corrected chi connectivity index (χ1v) is 10.5. The molecule has 156 valence electrons. The molecule has 1 aliphatic rings. The van der Waals surface area contributed by atoms with Crippen LogP contribution < -0.4 is 0 Å². The summed E-state index contributed by atoms with van der Waals surface area (Å²) >= 11 is 0. The molecule has 2 aromatic carbocycles. The Kier molecular flexibility index (Phi) is 6.43. The molecule has 5 heteroatoms. The second-order valence-electron chi connectivity index (χ2n) is 7.88. The van der Waals surface area contributed by atoms with E-state index in [0.29, 0.717) is 18.7 Å². The summed E-state index contributed by atoms with van der Waals surface area (Å²) in [4.78, 5) is 14.8. The van der Waals surface area contributed by atoms with Crippen LogP contribution >= 0.6 is 0 Å². The molecular formula is C25H28N2O3. The molecule has 1 saturated heterocycles. The number of β-amino-alcohol motifs (C(OH)–C–C–N with tert-alkyl or cyclic N) is 1. The highest BCUT2D eigenvalue weighted by molar-refractivity contribution is 6.07. The van der Waals surface area contributed by atoms with Gasteiger partial charge in [-0.2, -0.15) is 0 Å². The number of morpholine rings is 1. The van der Waals surface area contributed by atoms with E-state index in [1.165, 1.54) is 0 Å². The number of carbonyl (C=O) groups is 1. The lowest BCUT2D eigenvalue weighted by Gasteiger charge is -2.28. The number of fused-ring (bicyclic) bond motifs is 1. The van der Waals surface area contributed by atoms with Crippen molar-refractivity contribution in [1.29, 1.82) is 0 Å². The fraction of sp³-hybridized carbons (Fsp3) is 0.320. The van der Waals surface area contributed by atoms with Crippen molar-refractivity contribution >= 4 is 22.8 Å². The van der Waals surface area contributed by atoms with Crippen molar-refractivity contribution in [3.8, 4) is 0 Å². The van der Waals surface area contributed by atoms with Crippen LogP contribution in [0.5, 0.6) is 0 Å². The molecule has 1 atom stereocenters. The average molecular weight is 405 g/mol. The topological polar surface area (TPSA) is 54.7 Å². The van der Waals surface area contributed by atoms with Crippen LogP contribution in [-0.2, 0) is 11.3 Å². The highest BCUT2D eigenvalue weighted by Gasteiger charge is 2.16. The van der Waals surface area contributed by atoms with Crippen LogP contribution in [0.15, 0.2) is 60.8 Å². The van der Waals surface area contributed by atoms with Gasteiger partial charge in [0.2, 0.25) is 0 Å². The molecule has 0 unspecified atom stereocenters. The van der Waals surface area contributed by atoms with Gasteiger partial charge in [0.1, 0.15) is 0 Å². The minimum atomic E-state index is -0.468. The Labute approximate surface area is 177 Å². The summed E-state index contributed by atoms with van der Waals surface area (Å²) < 4.78 is 7.46. The lowest BCUT2D eigenvalue weighted by Crippen LogP contribution is -2.41. The van der Waals surface area contributed by atoms with Crippen LogP contribution in [0.1, 0.15) is 21.5 Å². The van der Waals surface area contributed by atoms with Crippen molar-refractivity contribution in [1.82, 2.24) is 9.47 Å². The van der Waals surface area contributed by atoms with E-state index in [2.05, 4.69) is 21.6 Å². The number of aromatic nitrogens is 1. The first-order chi connectivity index (χ1) is 14.6. The molecule has 0 amide bonds. The number of ether oxygens (including phenoxy) is 1. The summed E-state index contributed by atoms with van der Waals surface area (Å²) in [5.41, 5.74) is 3.85. The minimum absolute atomic E-state index is 0.0146. The molecule has 5 nitrogen and oxygen atoms in total. The fourth-order valence-electron chi connectivity index (χ4n) is 3.91. The summed E-state index contributed by atoms with van der Waals surface area (Å²) in [5.74, 6) is -0.0146. The third-order valence-electron chi connectivity index (χ3n) is 5.55. The Morgan fingerprint density at radius 1 is 1.10 bits per heavy atom. The number of hydrogen-bond donors (Lipinski definition) is 1. The molecule has 0 radical (unpaired) electrons. The van der Waals surface area contributed by atoms with Gasteiger partial charge < -0.3 is 14.4 Å². The number of aliphatic hydroxyl groups excluding tert-OH is 1. The lowest BCUT2D eigenvalue weighted by molar-refractivity contribution is 0.0117. The van der Waals surface area contributed by atoms with Crippen molar-refractivity contribution in [2.75, 3.05) is 32.8 Å². The van der Waals surface area contributed by atoms with Crippen LogP contribution in [0.4, 0.5) is 0 Å². The van der Waals surface area contributed by atoms with Crippen molar-refractivity contribution < 1.29 is 14.6 Å². The summed E-state index contributed by atoms with van der Waals surface area (Å²) in [6.45, 7) is 6.32. The van der Waals surface area contributed by atoms with Crippen molar-refractivity contribution in [2.24, 2.45) is 0 Å². The Bertz CT molecular complexity index is 1030. The van der Waals surface area contributed by atoms with E-state index in [0.717, 1.165) is 48.3 Å². The molecule has 1 N–H and O–H groups in total. The Morgan fingerprint density at radius 3 is 2.60 bits per heavy atom. The maximum absolute atomic E-state index is 12.5. The Balaban J connectivity index is 1.51. The predicted octanol–water partition coefficient (Wildman–Crippen LogP) is 3.54. The number of benzene rings is 2. The van der Waals surface area contributed by atoms with E-state index in [-0.39, 0.29) is 5.78 Å². The number of nitrogens with zero attached hydrogens (tertiary/aromatic N) is 2. The van der Waals surface area contributed by atoms with Gasteiger partial charge >= 0.3 is 0 Å². The Morgan fingerprint density at radius 2 is 1.83 bits per heavy atom. The number of rotatable bonds is 7. The van der Waals surface area contributed by atoms with E-state index in [1.807, 2.05) is 55.6 Å². The lowest BCUT2D eigenvalue weighted by atomic mass is 10.1. The van der Waals surface area contributed by atoms with E-state index in [4.69, 9.17) is 4.74 Å². The zero-order chi connectivity index (χ0) is 20.9. The van der Waals surface area contributed by atoms with Crippen molar-refractivity contribution in [2.45, 2.75) is 19.6 Å². The molecule has 4 rings (SSSR count). The van der Waals surface area contributed by atoms with Crippen molar-refractivity contribution in [3.05, 3.63) is 77.5 Å². The van der Waals surface area contributed by atoms with Gasteiger partial charge in [-0.1, -0.05) is 48.0 Å². The zero-order valence-corrected chi connectivity index (χ0v) is 17.3. The van der Waals surface area contributed by atoms with Gasteiger partial charge in [0.05, 0.1) is 19.3 Å². The van der Waals surface area contributed by atoms with Crippen LogP contribution in [0.3, 0.4) is 0 Å². The average Bonchev–Trinajstić information content (AvgIpc) is 3.10. The van der Waals surface area contributed by atoms with Gasteiger partial charge in [-0.05, 0) is 25.1 Å². The van der Waals surface area contributed by atoms with Gasteiger partial charge in [0, 0.05) is 54.4 Å². The zero-order valence-electron chi connectivity index (χ0n) is 17.3. The van der Waals surface area contributed by atoms with Crippen LogP contribution in [-0.4, -0.2) is 59.3 Å². The van der Waals surface area contributed by atoms with Gasteiger partial charge in [-0.3, -0.25) is 9.69 Å². The molecule has 0 saturated carbocycles. The van der Waals surface area contributed by atoms with Gasteiger partial charge in [0.25, 0.3) is 0 Å². The normalized spacial score (nSPS) is 16.3. The SMILES string of the molecule is Cc1ccc(C(=O)/C=C/c2cn(C[C@H](O)CN3CCOCC3)c3ccccc23)cc1. The van der Waals surface area contributed by atoms with Crippen molar-refractivity contribution in [3.63, 3.8) is 0 Å². The summed E-state index contributed by atoms with van der Waals surface area (Å²) in [7, 11) is 0. The highest BCUT2D eigenvalue weighted by Crippen LogP contribution is 2.23. The molecule has 0 bridgehead atoms. The maximum Gasteiger partial charge on any atom is 0.185 e. The molecule has 3 aromatic rings. The van der Waals surface area contributed by atoms with E-state index in [9.17, 15) is 9.90 Å². The molecular weight excluding hydrogens is 376 g/mol. The van der Waals surface area contributed by atoms with Crippen LogP contribution in [0.2, 0.25) is 0 Å². The number of carbonyl (C=O) groups excluding carboxylic acids is 1. The third-order valence-corrected chi connectivity index (χ3v) is 5.55. The molecule has 1 fully saturated rings. The largest absolute Gasteiger partial charge is 0.390 e. The fourth-order valence-corrected chi connectivity index (χ4v) is 3.91. The molecule has 0 spiro atoms. The second kappa shape index (κ2) is 9.39. The molecule has 1 aliphatic heterocycles.